The maximum Gasteiger partial charge on any atom is 0.156 e. The predicted molar refractivity (Wildman–Crippen MR) is 67.4 cm³/mol. The topological polar surface area (TPSA) is 24.4 Å². The van der Waals surface area contributed by atoms with E-state index in [2.05, 4.69) is 10.3 Å². The molecule has 0 radical (unpaired) electrons. The van der Waals surface area contributed by atoms with Crippen molar-refractivity contribution < 1.29 is 8.78 Å². The van der Waals surface area contributed by atoms with E-state index in [1.165, 1.54) is 12.1 Å². The molecule has 0 saturated carbocycles. The van der Waals surface area contributed by atoms with Crippen molar-refractivity contribution in [1.82, 2.24) is 5.32 Å². The van der Waals surface area contributed by atoms with E-state index in [-0.39, 0.29) is 0 Å². The van der Waals surface area contributed by atoms with Crippen LogP contribution in [-0.4, -0.2) is 24.0 Å². The van der Waals surface area contributed by atoms with E-state index in [0.717, 1.165) is 30.0 Å². The summed E-state index contributed by atoms with van der Waals surface area (Å²) in [6.45, 7) is 1.51. The van der Waals surface area contributed by atoms with Crippen LogP contribution in [0.25, 0.3) is 0 Å². The van der Waals surface area contributed by atoms with Gasteiger partial charge in [-0.05, 0) is 30.5 Å². The summed E-state index contributed by atoms with van der Waals surface area (Å²) < 4.78 is 25.8. The average molecular weight is 256 g/mol. The van der Waals surface area contributed by atoms with E-state index in [1.54, 1.807) is 11.8 Å². The lowest BCUT2D eigenvalue weighted by Crippen LogP contribution is -2.25. The molecule has 92 valence electrons. The summed E-state index contributed by atoms with van der Waals surface area (Å²) in [6, 6.07) is 3.61. The Morgan fingerprint density at radius 1 is 1.24 bits per heavy atom. The number of aliphatic imine (C=N–C) groups is 1. The van der Waals surface area contributed by atoms with Crippen molar-refractivity contribution in [2.75, 3.05) is 18.8 Å². The molecule has 17 heavy (non-hydrogen) atoms. The molecule has 2 rings (SSSR count). The number of halogens is 2. The van der Waals surface area contributed by atoms with E-state index in [1.807, 2.05) is 0 Å². The monoisotopic (exact) mass is 256 g/mol. The molecule has 5 heteroatoms. The van der Waals surface area contributed by atoms with Crippen molar-refractivity contribution in [1.29, 1.82) is 0 Å². The van der Waals surface area contributed by atoms with Gasteiger partial charge in [0.05, 0.1) is 0 Å². The minimum Gasteiger partial charge on any atom is -0.365 e. The van der Waals surface area contributed by atoms with Gasteiger partial charge in [-0.3, -0.25) is 4.99 Å². The van der Waals surface area contributed by atoms with Crippen LogP contribution in [0.3, 0.4) is 0 Å². The number of rotatable bonds is 3. The Hall–Kier alpha value is -1.10. The third-order valence-corrected chi connectivity index (χ3v) is 3.45. The van der Waals surface area contributed by atoms with Crippen LogP contribution in [0.4, 0.5) is 8.78 Å². The Kier molecular flexibility index (Phi) is 4.36. The lowest BCUT2D eigenvalue weighted by atomic mass is 10.1. The zero-order valence-corrected chi connectivity index (χ0v) is 10.2. The second-order valence-electron chi connectivity index (χ2n) is 3.84. The van der Waals surface area contributed by atoms with Crippen molar-refractivity contribution in [3.8, 4) is 0 Å². The van der Waals surface area contributed by atoms with Gasteiger partial charge in [-0.2, -0.15) is 0 Å². The molecule has 0 atom stereocenters. The Morgan fingerprint density at radius 2 is 2.00 bits per heavy atom. The van der Waals surface area contributed by atoms with Gasteiger partial charge in [0.15, 0.2) is 5.17 Å². The molecule has 0 amide bonds. The smallest absolute Gasteiger partial charge is 0.156 e. The number of hydrogen-bond acceptors (Lipinski definition) is 3. The van der Waals surface area contributed by atoms with Crippen molar-refractivity contribution in [3.05, 3.63) is 35.4 Å². The second-order valence-corrected chi connectivity index (χ2v) is 4.93. The fraction of sp³-hybridized carbons (Fsp3) is 0.417. The molecule has 0 saturated heterocycles. The van der Waals surface area contributed by atoms with Crippen LogP contribution in [0.2, 0.25) is 0 Å². The fourth-order valence-corrected chi connectivity index (χ4v) is 2.49. The Labute approximate surface area is 104 Å². The van der Waals surface area contributed by atoms with Crippen LogP contribution < -0.4 is 5.32 Å². The van der Waals surface area contributed by atoms with Gasteiger partial charge in [-0.25, -0.2) is 8.78 Å². The van der Waals surface area contributed by atoms with Gasteiger partial charge < -0.3 is 5.32 Å². The quantitative estimate of drug-likeness (QED) is 0.899. The third-order valence-electron chi connectivity index (χ3n) is 2.41. The molecule has 0 fully saturated rings. The van der Waals surface area contributed by atoms with E-state index < -0.39 is 11.6 Å². The molecule has 1 aromatic carbocycles. The van der Waals surface area contributed by atoms with Crippen LogP contribution >= 0.6 is 11.8 Å². The molecule has 0 aliphatic carbocycles. The van der Waals surface area contributed by atoms with Crippen molar-refractivity contribution in [3.63, 3.8) is 0 Å². The predicted octanol–water partition coefficient (Wildman–Crippen LogP) is 2.59. The molecule has 0 bridgehead atoms. The Morgan fingerprint density at radius 3 is 2.65 bits per heavy atom. The molecule has 1 N–H and O–H groups in total. The summed E-state index contributed by atoms with van der Waals surface area (Å²) in [5.41, 5.74) is 0.663. The number of nitrogens with one attached hydrogen (secondary N) is 1. The summed E-state index contributed by atoms with van der Waals surface area (Å²) in [6.07, 6.45) is 1.71. The maximum atomic E-state index is 12.9. The van der Waals surface area contributed by atoms with Crippen molar-refractivity contribution in [2.45, 2.75) is 12.8 Å². The lowest BCUT2D eigenvalue weighted by molar-refractivity contribution is 0.579. The first-order valence-corrected chi connectivity index (χ1v) is 6.59. The first-order chi connectivity index (χ1) is 8.24. The van der Waals surface area contributed by atoms with Gasteiger partial charge in [0, 0.05) is 24.9 Å². The van der Waals surface area contributed by atoms with Gasteiger partial charge in [-0.1, -0.05) is 11.8 Å². The largest absolute Gasteiger partial charge is 0.365 e. The van der Waals surface area contributed by atoms with Crippen LogP contribution in [-0.2, 0) is 6.42 Å². The van der Waals surface area contributed by atoms with Crippen molar-refractivity contribution >= 4 is 16.9 Å². The first-order valence-electron chi connectivity index (χ1n) is 5.60. The minimum absolute atomic E-state index is 0.524. The third kappa shape index (κ3) is 4.00. The fourth-order valence-electron chi connectivity index (χ4n) is 1.64. The van der Waals surface area contributed by atoms with Gasteiger partial charge >= 0.3 is 0 Å². The van der Waals surface area contributed by atoms with Crippen LogP contribution in [0.1, 0.15) is 12.0 Å². The molecule has 0 spiro atoms. The number of hydrogen-bond donors (Lipinski definition) is 1. The highest BCUT2D eigenvalue weighted by molar-refractivity contribution is 8.13. The molecule has 1 aliphatic rings. The average Bonchev–Trinajstić information content (AvgIpc) is 2.29. The molecule has 1 aromatic rings. The zero-order valence-electron chi connectivity index (χ0n) is 9.38. The lowest BCUT2D eigenvalue weighted by Gasteiger charge is -2.13. The van der Waals surface area contributed by atoms with Gasteiger partial charge in [0.2, 0.25) is 0 Å². The maximum absolute atomic E-state index is 12.9. The summed E-state index contributed by atoms with van der Waals surface area (Å²) in [4.78, 5) is 4.32. The minimum atomic E-state index is -0.524. The highest BCUT2D eigenvalue weighted by Crippen LogP contribution is 2.11. The number of benzene rings is 1. The van der Waals surface area contributed by atoms with Crippen LogP contribution in [0.15, 0.2) is 23.2 Å². The molecule has 1 aliphatic heterocycles. The normalized spacial score (nSPS) is 15.5. The second kappa shape index (κ2) is 6.00. The summed E-state index contributed by atoms with van der Waals surface area (Å²) in [5.74, 6) is 0.0363. The molecule has 0 aromatic heterocycles. The van der Waals surface area contributed by atoms with Gasteiger partial charge in [-0.15, -0.1) is 0 Å². The van der Waals surface area contributed by atoms with E-state index in [9.17, 15) is 8.78 Å². The number of nitrogens with zero attached hydrogens (tertiary/aromatic N) is 1. The first kappa shape index (κ1) is 12.4. The van der Waals surface area contributed by atoms with E-state index >= 15 is 0 Å². The van der Waals surface area contributed by atoms with Crippen LogP contribution in [0, 0.1) is 11.6 Å². The van der Waals surface area contributed by atoms with E-state index in [4.69, 9.17) is 0 Å². The summed E-state index contributed by atoms with van der Waals surface area (Å²) in [5, 5.41) is 4.12. The van der Waals surface area contributed by atoms with E-state index in [0.29, 0.717) is 18.5 Å². The van der Waals surface area contributed by atoms with Crippen LogP contribution in [0.5, 0.6) is 0 Å². The highest BCUT2D eigenvalue weighted by atomic mass is 32.2. The van der Waals surface area contributed by atoms with Gasteiger partial charge in [0.25, 0.3) is 0 Å². The SMILES string of the molecule is Fc1cc(F)cc(CCNC2=NCCCS2)c1. The molecule has 0 unspecified atom stereocenters. The van der Waals surface area contributed by atoms with Gasteiger partial charge in [0.1, 0.15) is 11.6 Å². The standard InChI is InChI=1S/C12H14F2N2S/c13-10-6-9(7-11(14)8-10)2-4-16-12-15-3-1-5-17-12/h6-8H,1-5H2,(H,15,16). The summed E-state index contributed by atoms with van der Waals surface area (Å²) >= 11 is 1.70. The number of thioether (sulfide) groups is 1. The zero-order chi connectivity index (χ0) is 12.1. The molecule has 2 nitrogen and oxygen atoms in total. The number of amidine groups is 1. The molecular weight excluding hydrogens is 242 g/mol. The molecule has 1 heterocycles. The Balaban J connectivity index is 1.83. The highest BCUT2D eigenvalue weighted by Gasteiger charge is 2.05. The Bertz CT molecular complexity index is 401. The summed E-state index contributed by atoms with van der Waals surface area (Å²) in [7, 11) is 0. The van der Waals surface area contributed by atoms with Crippen molar-refractivity contribution in [2.24, 2.45) is 4.99 Å². The molecular formula is C12H14F2N2S.